The van der Waals surface area contributed by atoms with Crippen molar-refractivity contribution in [2.24, 2.45) is 5.73 Å². The highest BCUT2D eigenvalue weighted by molar-refractivity contribution is 5.83. The fourth-order valence-corrected chi connectivity index (χ4v) is 6.30. The maximum Gasteiger partial charge on any atom is 0.573 e. The summed E-state index contributed by atoms with van der Waals surface area (Å²) in [5, 5.41) is 14.0. The molecule has 0 amide bonds. The van der Waals surface area contributed by atoms with Crippen molar-refractivity contribution >= 4 is 16.9 Å². The first-order valence-corrected chi connectivity index (χ1v) is 16.3. The Bertz CT molecular complexity index is 1920. The maximum atomic E-state index is 15.4. The van der Waals surface area contributed by atoms with Gasteiger partial charge in [0, 0.05) is 53.4 Å². The molecule has 3 atom stereocenters. The van der Waals surface area contributed by atoms with E-state index in [1.165, 1.54) is 30.5 Å². The molecule has 0 aliphatic carbocycles. The van der Waals surface area contributed by atoms with Gasteiger partial charge in [-0.3, -0.25) is 9.98 Å². The lowest BCUT2D eigenvalue weighted by molar-refractivity contribution is -0.275. The lowest BCUT2D eigenvalue weighted by Crippen LogP contribution is -2.39. The van der Waals surface area contributed by atoms with Gasteiger partial charge in [-0.05, 0) is 75.3 Å². The zero-order valence-corrected chi connectivity index (χ0v) is 27.4. The summed E-state index contributed by atoms with van der Waals surface area (Å²) in [5.74, 6) is -1.78. The smallest absolute Gasteiger partial charge is 0.405 e. The molecule has 17 heteroatoms. The minimum absolute atomic E-state index is 0.0246. The van der Waals surface area contributed by atoms with Crippen LogP contribution in [-0.4, -0.2) is 52.0 Å². The zero-order chi connectivity index (χ0) is 37.1. The Balaban J connectivity index is 1.49. The predicted molar refractivity (Wildman–Crippen MR) is 175 cm³/mol. The highest BCUT2D eigenvalue weighted by atomic mass is 19.4. The number of hydrogen-bond acceptors (Lipinski definition) is 6. The molecule has 9 nitrogen and oxygen atoms in total. The molecule has 276 valence electrons. The third-order valence-electron chi connectivity index (χ3n) is 8.72. The number of nitrogens with zero attached hydrogens (tertiary/aromatic N) is 2. The van der Waals surface area contributed by atoms with Crippen LogP contribution in [0.5, 0.6) is 5.75 Å². The van der Waals surface area contributed by atoms with Crippen LogP contribution in [-0.2, 0) is 12.6 Å². The van der Waals surface area contributed by atoms with Gasteiger partial charge in [0.15, 0.2) is 0 Å². The van der Waals surface area contributed by atoms with Crippen molar-refractivity contribution in [1.82, 2.24) is 25.2 Å². The van der Waals surface area contributed by atoms with Crippen molar-refractivity contribution in [2.45, 2.75) is 82.5 Å². The number of aromatic nitrogens is 3. The van der Waals surface area contributed by atoms with Crippen molar-refractivity contribution in [3.8, 4) is 22.7 Å². The van der Waals surface area contributed by atoms with Gasteiger partial charge >= 0.3 is 18.2 Å². The molecule has 3 heterocycles. The quantitative estimate of drug-likeness (QED) is 0.0595. The van der Waals surface area contributed by atoms with E-state index in [0.717, 1.165) is 23.5 Å². The van der Waals surface area contributed by atoms with Crippen molar-refractivity contribution in [3.05, 3.63) is 75.6 Å². The van der Waals surface area contributed by atoms with Gasteiger partial charge < -0.3 is 26.1 Å². The summed E-state index contributed by atoms with van der Waals surface area (Å²) >= 11 is 0. The minimum Gasteiger partial charge on any atom is -0.405 e. The molecule has 2 aromatic carbocycles. The molecule has 1 saturated heterocycles. The summed E-state index contributed by atoms with van der Waals surface area (Å²) in [6.07, 6.45) is -5.65. The van der Waals surface area contributed by atoms with Crippen LogP contribution in [0.3, 0.4) is 0 Å². The van der Waals surface area contributed by atoms with Crippen LogP contribution in [0.25, 0.3) is 28.0 Å². The summed E-state index contributed by atoms with van der Waals surface area (Å²) in [4.78, 5) is 19.7. The van der Waals surface area contributed by atoms with Crippen LogP contribution in [0.1, 0.15) is 68.2 Å². The molecule has 2 aromatic heterocycles. The molecular weight excluding hydrogens is 690 g/mol. The molecule has 0 saturated carbocycles. The van der Waals surface area contributed by atoms with Gasteiger partial charge in [0.05, 0.1) is 22.8 Å². The number of piperidine rings is 1. The van der Waals surface area contributed by atoms with Crippen molar-refractivity contribution < 1.29 is 39.9 Å². The SMILES string of the molecule is CC(=N)NCC[C@@H]1CCC[C@@H](c2ccc(-n3cc4cc(-c5cc(CCC[C@@H](N)CF)cc(C(F)(F)F)c5F)[nH]c4nc3=O)cc2OC(F)(F)F)N1. The first-order valence-electron chi connectivity index (χ1n) is 16.3. The van der Waals surface area contributed by atoms with Gasteiger partial charge in [0.2, 0.25) is 0 Å². The number of nitrogens with two attached hydrogens (primary N) is 1. The van der Waals surface area contributed by atoms with Crippen LogP contribution in [0, 0.1) is 11.2 Å². The number of halogens is 8. The summed E-state index contributed by atoms with van der Waals surface area (Å²) in [6, 6.07) is 5.81. The molecule has 0 bridgehead atoms. The molecule has 4 aromatic rings. The number of nitrogens with one attached hydrogen (secondary N) is 4. The number of alkyl halides is 7. The number of amidine groups is 1. The summed E-state index contributed by atoms with van der Waals surface area (Å²) in [6.45, 7) is 1.33. The molecule has 0 unspecified atom stereocenters. The van der Waals surface area contributed by atoms with Gasteiger partial charge in [-0.25, -0.2) is 13.6 Å². The van der Waals surface area contributed by atoms with E-state index in [2.05, 4.69) is 25.3 Å². The summed E-state index contributed by atoms with van der Waals surface area (Å²) < 4.78 is 116. The van der Waals surface area contributed by atoms with Crippen LogP contribution in [0.15, 0.2) is 47.4 Å². The largest absolute Gasteiger partial charge is 0.573 e. The van der Waals surface area contributed by atoms with E-state index >= 15 is 4.39 Å². The molecule has 0 radical (unpaired) electrons. The lowest BCUT2D eigenvalue weighted by atomic mass is 9.91. The summed E-state index contributed by atoms with van der Waals surface area (Å²) in [7, 11) is 0. The molecule has 6 N–H and O–H groups in total. The van der Waals surface area contributed by atoms with Crippen LogP contribution >= 0.6 is 0 Å². The van der Waals surface area contributed by atoms with Crippen molar-refractivity contribution in [2.75, 3.05) is 13.2 Å². The number of rotatable bonds is 12. The molecular formula is C34H37F8N7O2. The fourth-order valence-electron chi connectivity index (χ4n) is 6.30. The minimum atomic E-state index is -5.05. The summed E-state index contributed by atoms with van der Waals surface area (Å²) in [5.41, 5.74) is 2.80. The Morgan fingerprint density at radius 2 is 1.92 bits per heavy atom. The second kappa shape index (κ2) is 15.4. The Morgan fingerprint density at radius 1 is 1.16 bits per heavy atom. The number of aromatic amines is 1. The van der Waals surface area contributed by atoms with Gasteiger partial charge in [0.1, 0.15) is 23.9 Å². The van der Waals surface area contributed by atoms with E-state index in [4.69, 9.17) is 11.1 Å². The van der Waals surface area contributed by atoms with Gasteiger partial charge in [-0.15, -0.1) is 13.2 Å². The van der Waals surface area contributed by atoms with E-state index in [1.807, 2.05) is 0 Å². The highest BCUT2D eigenvalue weighted by Crippen LogP contribution is 2.39. The molecule has 1 aliphatic heterocycles. The molecule has 1 fully saturated rings. The van der Waals surface area contributed by atoms with Crippen molar-refractivity contribution in [3.63, 3.8) is 0 Å². The Kier molecular flexibility index (Phi) is 11.4. The average Bonchev–Trinajstić information content (AvgIpc) is 3.46. The first-order chi connectivity index (χ1) is 24.0. The van der Waals surface area contributed by atoms with E-state index in [0.29, 0.717) is 31.3 Å². The first kappa shape index (κ1) is 37.7. The number of benzene rings is 2. The monoisotopic (exact) mass is 727 g/mol. The highest BCUT2D eigenvalue weighted by Gasteiger charge is 2.37. The average molecular weight is 728 g/mol. The number of aryl methyl sites for hydroxylation is 1. The van der Waals surface area contributed by atoms with Gasteiger partial charge in [-0.2, -0.15) is 18.2 Å². The maximum absolute atomic E-state index is 15.4. The van der Waals surface area contributed by atoms with Crippen LogP contribution in [0.4, 0.5) is 35.1 Å². The van der Waals surface area contributed by atoms with E-state index in [1.54, 1.807) is 6.92 Å². The fraction of sp³-hybridized carbons (Fsp3) is 0.441. The Hall–Kier alpha value is -4.51. The van der Waals surface area contributed by atoms with Gasteiger partial charge in [-0.1, -0.05) is 12.5 Å². The number of fused-ring (bicyclic) bond motifs is 1. The lowest BCUT2D eigenvalue weighted by Gasteiger charge is -2.32. The zero-order valence-electron chi connectivity index (χ0n) is 27.4. The number of H-pyrrole nitrogens is 1. The predicted octanol–water partition coefficient (Wildman–Crippen LogP) is 7.22. The topological polar surface area (TPSA) is 134 Å². The van der Waals surface area contributed by atoms with Crippen molar-refractivity contribution in [1.29, 1.82) is 5.41 Å². The van der Waals surface area contributed by atoms with Gasteiger partial charge in [0.25, 0.3) is 0 Å². The Morgan fingerprint density at radius 3 is 2.61 bits per heavy atom. The third kappa shape index (κ3) is 9.44. The molecule has 51 heavy (non-hydrogen) atoms. The van der Waals surface area contributed by atoms with E-state index in [-0.39, 0.29) is 58.8 Å². The number of ether oxygens (including phenoxy) is 1. The molecule has 1 aliphatic rings. The standard InChI is InChI=1S/C34H37F8N7O2/c1-18(43)45-11-10-22-6-3-7-27(46-22)24-9-8-23(15-29(24)51-34(40,41)42)49-17-20-14-28(47-31(20)48-32(49)50)25-12-19(4-2-5-21(44)16-35)13-26(30(25)36)33(37,38)39/h8-9,12-15,17,21-22,27,46H,2-7,10-11,16,44H2,1H3,(H2,43,45)(H,47,48,50)/t21-,22+,27+/m1/s1. The van der Waals surface area contributed by atoms with E-state index in [9.17, 15) is 35.5 Å². The second-order valence-corrected chi connectivity index (χ2v) is 12.6. The number of hydrogen-bond donors (Lipinski definition) is 5. The molecule has 5 rings (SSSR count). The Labute approximate surface area is 287 Å². The van der Waals surface area contributed by atoms with E-state index < -0.39 is 59.7 Å². The molecule has 0 spiro atoms. The normalized spacial score (nSPS) is 17.5. The van der Waals surface area contributed by atoms with Crippen LogP contribution < -0.4 is 26.8 Å². The second-order valence-electron chi connectivity index (χ2n) is 12.6. The third-order valence-corrected chi connectivity index (χ3v) is 8.72. The van der Waals surface area contributed by atoms with Crippen LogP contribution in [0.2, 0.25) is 0 Å².